The molecular formula is C22H28O7. The third-order valence-corrected chi connectivity index (χ3v) is 6.56. The van der Waals surface area contributed by atoms with E-state index in [1.54, 1.807) is 33.8 Å². The maximum absolute atomic E-state index is 13.0. The van der Waals surface area contributed by atoms with Gasteiger partial charge >= 0.3 is 17.9 Å². The number of carbonyl (C=O) groups excluding carboxylic acids is 4. The molecule has 0 unspecified atom stereocenters. The molecule has 3 rings (SSSR count). The third-order valence-electron chi connectivity index (χ3n) is 6.56. The Hall–Kier alpha value is -2.44. The first-order valence-electron chi connectivity index (χ1n) is 9.94. The van der Waals surface area contributed by atoms with Crippen LogP contribution in [-0.2, 0) is 33.4 Å². The van der Waals surface area contributed by atoms with Crippen molar-refractivity contribution in [3.8, 4) is 0 Å². The minimum atomic E-state index is -1.08. The van der Waals surface area contributed by atoms with Gasteiger partial charge in [0, 0.05) is 18.9 Å². The van der Waals surface area contributed by atoms with Crippen LogP contribution in [0.5, 0.6) is 0 Å². The first-order valence-corrected chi connectivity index (χ1v) is 9.94. The molecule has 0 radical (unpaired) electrons. The number of ether oxygens (including phenoxy) is 3. The minimum absolute atomic E-state index is 0.168. The van der Waals surface area contributed by atoms with Crippen LogP contribution in [0.4, 0.5) is 0 Å². The molecule has 29 heavy (non-hydrogen) atoms. The Bertz CT molecular complexity index is 806. The van der Waals surface area contributed by atoms with Gasteiger partial charge in [-0.05, 0) is 32.8 Å². The van der Waals surface area contributed by atoms with E-state index in [2.05, 4.69) is 0 Å². The second kappa shape index (κ2) is 7.43. The van der Waals surface area contributed by atoms with Gasteiger partial charge in [0.15, 0.2) is 5.78 Å². The highest BCUT2D eigenvalue weighted by Crippen LogP contribution is 2.55. The van der Waals surface area contributed by atoms with E-state index >= 15 is 0 Å². The van der Waals surface area contributed by atoms with Gasteiger partial charge in [0.25, 0.3) is 0 Å². The average Bonchev–Trinajstić information content (AvgIpc) is 2.88. The molecule has 1 saturated carbocycles. The first-order chi connectivity index (χ1) is 13.5. The largest absolute Gasteiger partial charge is 0.458 e. The second-order valence-electron chi connectivity index (χ2n) is 8.81. The normalized spacial score (nSPS) is 40.4. The average molecular weight is 404 g/mol. The quantitative estimate of drug-likeness (QED) is 0.405. The van der Waals surface area contributed by atoms with Gasteiger partial charge < -0.3 is 14.2 Å². The summed E-state index contributed by atoms with van der Waals surface area (Å²) in [5.41, 5.74) is -0.329. The highest BCUT2D eigenvalue weighted by molar-refractivity contribution is 5.98. The number of esters is 3. The standard InChI is InChI=1S/C22H28O7/c1-10(2)9-16(25)28-20-17-12(4)21(26)29-18(19(17)27-13(5)23)11(3)14-7-8-15(24)22(14,20)6/h7-9,11-12,14,17-20H,1-6H3/t11-,12-,14-,17+,18+,19-,20-,22-/m0/s1. The van der Waals surface area contributed by atoms with Crippen molar-refractivity contribution in [2.24, 2.45) is 29.1 Å². The zero-order valence-corrected chi connectivity index (χ0v) is 17.6. The SMILES string of the molecule is CC(=O)O[C@@H]1[C@@H]2OC(=O)[C@@H](C)[C@H]1[C@H](OC(=O)C=C(C)C)[C@]1(C)C(=O)C=C[C@H]1[C@@H]2C. The molecular weight excluding hydrogens is 376 g/mol. The summed E-state index contributed by atoms with van der Waals surface area (Å²) in [6, 6.07) is 0. The topological polar surface area (TPSA) is 96.0 Å². The van der Waals surface area contributed by atoms with Crippen LogP contribution in [0, 0.1) is 29.1 Å². The summed E-state index contributed by atoms with van der Waals surface area (Å²) in [5.74, 6) is -3.76. The predicted molar refractivity (Wildman–Crippen MR) is 102 cm³/mol. The molecule has 1 saturated heterocycles. The summed E-state index contributed by atoms with van der Waals surface area (Å²) in [6.45, 7) is 10.1. The van der Waals surface area contributed by atoms with E-state index in [4.69, 9.17) is 14.2 Å². The Morgan fingerprint density at radius 2 is 1.79 bits per heavy atom. The lowest BCUT2D eigenvalue weighted by molar-refractivity contribution is -0.207. The van der Waals surface area contributed by atoms with Gasteiger partial charge in [-0.15, -0.1) is 0 Å². The van der Waals surface area contributed by atoms with Crippen LogP contribution in [-0.4, -0.2) is 42.0 Å². The molecule has 2 fully saturated rings. The molecule has 1 aliphatic heterocycles. The van der Waals surface area contributed by atoms with Crippen molar-refractivity contribution in [2.45, 2.75) is 59.9 Å². The summed E-state index contributed by atoms with van der Waals surface area (Å²) in [5, 5.41) is 0. The zero-order valence-electron chi connectivity index (χ0n) is 17.6. The molecule has 0 aromatic carbocycles. The maximum atomic E-state index is 13.0. The molecule has 8 atom stereocenters. The second-order valence-corrected chi connectivity index (χ2v) is 8.81. The Morgan fingerprint density at radius 1 is 1.14 bits per heavy atom. The van der Waals surface area contributed by atoms with E-state index in [-0.39, 0.29) is 17.6 Å². The molecule has 3 aliphatic rings. The van der Waals surface area contributed by atoms with E-state index in [0.29, 0.717) is 0 Å². The van der Waals surface area contributed by atoms with Crippen LogP contribution < -0.4 is 0 Å². The predicted octanol–water partition coefficient (Wildman–Crippen LogP) is 2.38. The molecule has 7 nitrogen and oxygen atoms in total. The number of hydrogen-bond acceptors (Lipinski definition) is 7. The number of hydrogen-bond donors (Lipinski definition) is 0. The van der Waals surface area contributed by atoms with Crippen molar-refractivity contribution in [1.82, 2.24) is 0 Å². The molecule has 0 N–H and O–H groups in total. The van der Waals surface area contributed by atoms with Gasteiger partial charge in [0.05, 0.1) is 17.3 Å². The van der Waals surface area contributed by atoms with Crippen LogP contribution in [0.25, 0.3) is 0 Å². The van der Waals surface area contributed by atoms with Gasteiger partial charge in [-0.25, -0.2) is 4.79 Å². The van der Waals surface area contributed by atoms with E-state index in [9.17, 15) is 19.2 Å². The lowest BCUT2D eigenvalue weighted by atomic mass is 9.66. The molecule has 0 amide bonds. The Morgan fingerprint density at radius 3 is 2.38 bits per heavy atom. The summed E-state index contributed by atoms with van der Waals surface area (Å²) in [6.07, 6.45) is 2.18. The first kappa shape index (κ1) is 21.3. The molecule has 158 valence electrons. The van der Waals surface area contributed by atoms with Gasteiger partial charge in [-0.2, -0.15) is 0 Å². The summed E-state index contributed by atoms with van der Waals surface area (Å²) in [7, 11) is 0. The number of carbonyl (C=O) groups is 4. The zero-order chi connectivity index (χ0) is 21.7. The molecule has 0 aromatic rings. The molecule has 2 bridgehead atoms. The molecule has 1 heterocycles. The van der Waals surface area contributed by atoms with Crippen LogP contribution in [0.1, 0.15) is 41.5 Å². The fraction of sp³-hybridized carbons (Fsp3) is 0.636. The van der Waals surface area contributed by atoms with Gasteiger partial charge in [0.1, 0.15) is 18.3 Å². The molecule has 0 aromatic heterocycles. The summed E-state index contributed by atoms with van der Waals surface area (Å²) >= 11 is 0. The van der Waals surface area contributed by atoms with Crippen LogP contribution in [0.15, 0.2) is 23.8 Å². The molecule has 7 heteroatoms. The Labute approximate surface area is 170 Å². The van der Waals surface area contributed by atoms with Crippen molar-refractivity contribution in [1.29, 1.82) is 0 Å². The van der Waals surface area contributed by atoms with Crippen molar-refractivity contribution in [3.05, 3.63) is 23.8 Å². The highest BCUT2D eigenvalue weighted by Gasteiger charge is 2.66. The maximum Gasteiger partial charge on any atom is 0.330 e. The van der Waals surface area contributed by atoms with Gasteiger partial charge in [-0.1, -0.05) is 25.5 Å². The van der Waals surface area contributed by atoms with Crippen LogP contribution in [0.2, 0.25) is 0 Å². The van der Waals surface area contributed by atoms with E-state index in [0.717, 1.165) is 5.57 Å². The number of rotatable bonds is 3. The smallest absolute Gasteiger partial charge is 0.330 e. The minimum Gasteiger partial charge on any atom is -0.458 e. The van der Waals surface area contributed by atoms with Crippen LogP contribution >= 0.6 is 0 Å². The molecule has 0 spiro atoms. The fourth-order valence-corrected chi connectivity index (χ4v) is 5.13. The monoisotopic (exact) mass is 404 g/mol. The van der Waals surface area contributed by atoms with Gasteiger partial charge in [-0.3, -0.25) is 14.4 Å². The summed E-state index contributed by atoms with van der Waals surface area (Å²) < 4.78 is 17.1. The number of fused-ring (bicyclic) bond motifs is 3. The number of allylic oxidation sites excluding steroid dienone is 3. The van der Waals surface area contributed by atoms with E-state index < -0.39 is 53.5 Å². The molecule has 2 aliphatic carbocycles. The van der Waals surface area contributed by atoms with Crippen molar-refractivity contribution in [3.63, 3.8) is 0 Å². The Kier molecular flexibility index (Phi) is 5.45. The summed E-state index contributed by atoms with van der Waals surface area (Å²) in [4.78, 5) is 50.1. The van der Waals surface area contributed by atoms with Crippen LogP contribution in [0.3, 0.4) is 0 Å². The van der Waals surface area contributed by atoms with Crippen molar-refractivity contribution in [2.75, 3.05) is 0 Å². The lowest BCUT2D eigenvalue weighted by Crippen LogP contribution is -2.57. The van der Waals surface area contributed by atoms with E-state index in [1.807, 2.05) is 6.92 Å². The van der Waals surface area contributed by atoms with Gasteiger partial charge in [0.2, 0.25) is 0 Å². The number of ketones is 1. The lowest BCUT2D eigenvalue weighted by Gasteiger charge is -2.44. The Balaban J connectivity index is 2.17. The third kappa shape index (κ3) is 3.40. The van der Waals surface area contributed by atoms with Crippen molar-refractivity contribution < 1.29 is 33.4 Å². The fourth-order valence-electron chi connectivity index (χ4n) is 5.13. The van der Waals surface area contributed by atoms with E-state index in [1.165, 1.54) is 19.1 Å². The highest BCUT2D eigenvalue weighted by atomic mass is 16.6. The van der Waals surface area contributed by atoms with Crippen molar-refractivity contribution >= 4 is 23.7 Å².